The highest BCUT2D eigenvalue weighted by Crippen LogP contribution is 2.37. The Morgan fingerprint density at radius 2 is 2.11 bits per heavy atom. The second-order valence-corrected chi connectivity index (χ2v) is 6.47. The average molecular weight is 388 g/mol. The lowest BCUT2D eigenvalue weighted by atomic mass is 9.91. The number of aromatic hydroxyl groups is 1. The second-order valence-electron chi connectivity index (χ2n) is 6.47. The Labute approximate surface area is 165 Å². The van der Waals surface area contributed by atoms with Crippen molar-refractivity contribution in [2.45, 2.75) is 45.6 Å². The normalized spacial score (nSPS) is 16.2. The molecule has 1 unspecified atom stereocenters. The van der Waals surface area contributed by atoms with Gasteiger partial charge in [0.2, 0.25) is 0 Å². The molecule has 0 spiro atoms. The summed E-state index contributed by atoms with van der Waals surface area (Å²) in [5.74, 6) is -0.205. The lowest BCUT2D eigenvalue weighted by Crippen LogP contribution is -2.46. The number of urea groups is 1. The Bertz CT molecular complexity index is 785. The summed E-state index contributed by atoms with van der Waals surface area (Å²) < 4.78 is 10.5. The largest absolute Gasteiger partial charge is 0.504 e. The first-order valence-corrected chi connectivity index (χ1v) is 9.45. The number of phenolic OH excluding ortho intramolecular Hbond substituents is 1. The molecule has 7 nitrogen and oxygen atoms in total. The van der Waals surface area contributed by atoms with Gasteiger partial charge in [-0.15, -0.1) is 6.58 Å². The topological polar surface area (TPSA) is 96.9 Å². The molecule has 0 radical (unpaired) electrons. The zero-order valence-corrected chi connectivity index (χ0v) is 16.6. The van der Waals surface area contributed by atoms with Crippen molar-refractivity contribution in [1.82, 2.24) is 10.6 Å². The predicted molar refractivity (Wildman–Crippen MR) is 106 cm³/mol. The number of ether oxygens (including phenoxy) is 2. The molecule has 0 aromatic heterocycles. The van der Waals surface area contributed by atoms with Crippen LogP contribution in [0.5, 0.6) is 11.5 Å². The molecule has 7 heteroatoms. The first kappa shape index (κ1) is 21.3. The predicted octanol–water partition coefficient (Wildman–Crippen LogP) is 3.49. The molecule has 0 aliphatic carbocycles. The van der Waals surface area contributed by atoms with Crippen LogP contribution in [0.25, 0.3) is 0 Å². The van der Waals surface area contributed by atoms with E-state index in [4.69, 9.17) is 9.47 Å². The fourth-order valence-electron chi connectivity index (χ4n) is 3.19. The maximum Gasteiger partial charge on any atom is 0.338 e. The SMILES string of the molecule is C=CCc1cc(C2NC(=O)NC(CCCC)=C2C(=O)OCC)cc(OC)c1O. The van der Waals surface area contributed by atoms with Crippen molar-refractivity contribution in [1.29, 1.82) is 0 Å². The first-order chi connectivity index (χ1) is 13.5. The average Bonchev–Trinajstić information content (AvgIpc) is 2.67. The van der Waals surface area contributed by atoms with Gasteiger partial charge in [0.25, 0.3) is 0 Å². The van der Waals surface area contributed by atoms with Crippen molar-refractivity contribution in [2.24, 2.45) is 0 Å². The van der Waals surface area contributed by atoms with Gasteiger partial charge < -0.3 is 25.2 Å². The molecule has 0 saturated carbocycles. The summed E-state index contributed by atoms with van der Waals surface area (Å²) >= 11 is 0. The molecule has 0 bridgehead atoms. The first-order valence-electron chi connectivity index (χ1n) is 9.45. The summed E-state index contributed by atoms with van der Waals surface area (Å²) in [5.41, 5.74) is 2.15. The van der Waals surface area contributed by atoms with Crippen LogP contribution in [0.4, 0.5) is 4.79 Å². The number of esters is 1. The van der Waals surface area contributed by atoms with E-state index in [0.717, 1.165) is 12.8 Å². The van der Waals surface area contributed by atoms with Crippen molar-refractivity contribution in [3.8, 4) is 11.5 Å². The van der Waals surface area contributed by atoms with Gasteiger partial charge in [-0.05, 0) is 43.9 Å². The van der Waals surface area contributed by atoms with Crippen LogP contribution in [-0.2, 0) is 16.0 Å². The Morgan fingerprint density at radius 3 is 2.71 bits per heavy atom. The molecular formula is C21H28N2O5. The molecule has 1 aliphatic rings. The van der Waals surface area contributed by atoms with Crippen LogP contribution in [-0.4, -0.2) is 30.8 Å². The van der Waals surface area contributed by atoms with Crippen molar-refractivity contribution in [2.75, 3.05) is 13.7 Å². The summed E-state index contributed by atoms with van der Waals surface area (Å²) in [6, 6.07) is 2.26. The number of benzene rings is 1. The van der Waals surface area contributed by atoms with Crippen LogP contribution in [0.2, 0.25) is 0 Å². The van der Waals surface area contributed by atoms with Gasteiger partial charge in [-0.25, -0.2) is 9.59 Å². The molecule has 152 valence electrons. The monoisotopic (exact) mass is 388 g/mol. The Hall–Kier alpha value is -2.96. The molecule has 3 N–H and O–H groups in total. The van der Waals surface area contributed by atoms with Crippen LogP contribution < -0.4 is 15.4 Å². The minimum absolute atomic E-state index is 0.0132. The van der Waals surface area contributed by atoms with Crippen LogP contribution in [0.15, 0.2) is 36.1 Å². The maximum absolute atomic E-state index is 12.7. The highest BCUT2D eigenvalue weighted by atomic mass is 16.5. The summed E-state index contributed by atoms with van der Waals surface area (Å²) in [5, 5.41) is 15.9. The summed E-state index contributed by atoms with van der Waals surface area (Å²) in [4.78, 5) is 25.0. The summed E-state index contributed by atoms with van der Waals surface area (Å²) in [6.45, 7) is 7.71. The summed E-state index contributed by atoms with van der Waals surface area (Å²) in [6.07, 6.45) is 4.38. The third-order valence-electron chi connectivity index (χ3n) is 4.52. The van der Waals surface area contributed by atoms with Gasteiger partial charge in [-0.1, -0.05) is 19.4 Å². The maximum atomic E-state index is 12.7. The number of unbranched alkanes of at least 4 members (excludes halogenated alkanes) is 1. The third kappa shape index (κ3) is 4.65. The van der Waals surface area contributed by atoms with Crippen LogP contribution in [0, 0.1) is 0 Å². The number of hydrogen-bond donors (Lipinski definition) is 3. The van der Waals surface area contributed by atoms with Gasteiger partial charge in [0.15, 0.2) is 11.5 Å². The van der Waals surface area contributed by atoms with Gasteiger partial charge >= 0.3 is 12.0 Å². The molecule has 0 saturated heterocycles. The summed E-state index contributed by atoms with van der Waals surface area (Å²) in [7, 11) is 1.45. The Balaban J connectivity index is 2.61. The van der Waals surface area contributed by atoms with Crippen molar-refractivity contribution < 1.29 is 24.2 Å². The van der Waals surface area contributed by atoms with E-state index in [1.54, 1.807) is 25.1 Å². The number of nitrogens with one attached hydrogen (secondary N) is 2. The van der Waals surface area contributed by atoms with E-state index < -0.39 is 12.0 Å². The minimum Gasteiger partial charge on any atom is -0.504 e. The third-order valence-corrected chi connectivity index (χ3v) is 4.52. The number of phenols is 1. The number of amides is 2. The molecule has 2 rings (SSSR count). The zero-order valence-electron chi connectivity index (χ0n) is 16.6. The van der Waals surface area contributed by atoms with E-state index in [0.29, 0.717) is 35.2 Å². The van der Waals surface area contributed by atoms with E-state index >= 15 is 0 Å². The Kier molecular flexibility index (Phi) is 7.49. The number of methoxy groups -OCH3 is 1. The van der Waals surface area contributed by atoms with Crippen LogP contribution >= 0.6 is 0 Å². The van der Waals surface area contributed by atoms with Gasteiger partial charge in [0.05, 0.1) is 25.3 Å². The molecule has 1 atom stereocenters. The number of allylic oxidation sites excluding steroid dienone is 2. The van der Waals surface area contributed by atoms with Gasteiger partial charge in [-0.2, -0.15) is 0 Å². The number of rotatable bonds is 9. The van der Waals surface area contributed by atoms with Crippen molar-refractivity contribution in [3.63, 3.8) is 0 Å². The standard InChI is InChI=1S/C21H28N2O5/c1-5-8-10-15-17(20(25)28-7-3)18(23-21(26)22-15)14-11-13(9-6-2)19(24)16(12-14)27-4/h6,11-12,18,24H,2,5,7-10H2,1,3-4H3,(H2,22,23,26). The highest BCUT2D eigenvalue weighted by molar-refractivity contribution is 5.95. The molecule has 28 heavy (non-hydrogen) atoms. The number of hydrogen-bond acceptors (Lipinski definition) is 5. The molecule has 1 heterocycles. The molecule has 1 aromatic carbocycles. The van der Waals surface area contributed by atoms with E-state index in [1.165, 1.54) is 7.11 Å². The second kappa shape index (κ2) is 9.82. The van der Waals surface area contributed by atoms with Crippen molar-refractivity contribution >= 4 is 12.0 Å². The van der Waals surface area contributed by atoms with Crippen LogP contribution in [0.1, 0.15) is 50.3 Å². The Morgan fingerprint density at radius 1 is 1.36 bits per heavy atom. The number of carbonyl (C=O) groups excluding carboxylic acids is 2. The minimum atomic E-state index is -0.710. The van der Waals surface area contributed by atoms with Gasteiger partial charge in [0.1, 0.15) is 0 Å². The highest BCUT2D eigenvalue weighted by Gasteiger charge is 2.34. The van der Waals surface area contributed by atoms with E-state index in [1.807, 2.05) is 6.92 Å². The fourth-order valence-corrected chi connectivity index (χ4v) is 3.19. The zero-order chi connectivity index (χ0) is 20.7. The molecule has 1 aromatic rings. The lowest BCUT2D eigenvalue weighted by molar-refractivity contribution is -0.139. The van der Waals surface area contributed by atoms with E-state index in [2.05, 4.69) is 17.2 Å². The molecule has 2 amide bonds. The van der Waals surface area contributed by atoms with E-state index in [-0.39, 0.29) is 24.1 Å². The number of carbonyl (C=O) groups is 2. The molecule has 1 aliphatic heterocycles. The smallest absolute Gasteiger partial charge is 0.338 e. The van der Waals surface area contributed by atoms with Crippen LogP contribution in [0.3, 0.4) is 0 Å². The lowest BCUT2D eigenvalue weighted by Gasteiger charge is -2.30. The van der Waals surface area contributed by atoms with E-state index in [9.17, 15) is 14.7 Å². The quantitative estimate of drug-likeness (QED) is 0.444. The molecule has 0 fully saturated rings. The van der Waals surface area contributed by atoms with Gasteiger partial charge in [0, 0.05) is 11.3 Å². The molecular weight excluding hydrogens is 360 g/mol. The van der Waals surface area contributed by atoms with Gasteiger partial charge in [-0.3, -0.25) is 0 Å². The fraction of sp³-hybridized carbons (Fsp3) is 0.429. The van der Waals surface area contributed by atoms with Crippen molar-refractivity contribution in [3.05, 3.63) is 47.2 Å².